The SMILES string of the molecule is COc1ccc(C(C)(C)Oc2ccccc2C(=O)O)cc1. The average molecular weight is 286 g/mol. The summed E-state index contributed by atoms with van der Waals surface area (Å²) < 4.78 is 11.1. The lowest BCUT2D eigenvalue weighted by molar-refractivity contribution is 0.0672. The summed E-state index contributed by atoms with van der Waals surface area (Å²) in [4.78, 5) is 11.2. The van der Waals surface area contributed by atoms with Gasteiger partial charge in [-0.15, -0.1) is 0 Å². The molecule has 110 valence electrons. The summed E-state index contributed by atoms with van der Waals surface area (Å²) >= 11 is 0. The first kappa shape index (κ1) is 14.9. The Bertz CT molecular complexity index is 629. The minimum absolute atomic E-state index is 0.152. The summed E-state index contributed by atoms with van der Waals surface area (Å²) in [6, 6.07) is 14.1. The van der Waals surface area contributed by atoms with Crippen LogP contribution in [0.25, 0.3) is 0 Å². The molecule has 0 aliphatic carbocycles. The third-order valence-corrected chi connectivity index (χ3v) is 3.27. The van der Waals surface area contributed by atoms with Crippen molar-refractivity contribution in [3.8, 4) is 11.5 Å². The highest BCUT2D eigenvalue weighted by Gasteiger charge is 2.25. The van der Waals surface area contributed by atoms with Crippen molar-refractivity contribution in [1.29, 1.82) is 0 Å². The highest BCUT2D eigenvalue weighted by Crippen LogP contribution is 2.30. The van der Waals surface area contributed by atoms with E-state index in [9.17, 15) is 9.90 Å². The quantitative estimate of drug-likeness (QED) is 0.910. The van der Waals surface area contributed by atoms with Crippen molar-refractivity contribution in [2.24, 2.45) is 0 Å². The van der Waals surface area contributed by atoms with Crippen LogP contribution in [0.15, 0.2) is 48.5 Å². The third-order valence-electron chi connectivity index (χ3n) is 3.27. The zero-order valence-corrected chi connectivity index (χ0v) is 12.3. The van der Waals surface area contributed by atoms with Crippen molar-refractivity contribution >= 4 is 5.97 Å². The molecule has 0 bridgehead atoms. The Labute approximate surface area is 123 Å². The lowest BCUT2D eigenvalue weighted by Gasteiger charge is -2.28. The first-order chi connectivity index (χ1) is 9.94. The van der Waals surface area contributed by atoms with Crippen LogP contribution in [0.2, 0.25) is 0 Å². The minimum atomic E-state index is -1.00. The van der Waals surface area contributed by atoms with Gasteiger partial charge in [-0.2, -0.15) is 0 Å². The van der Waals surface area contributed by atoms with Crippen molar-refractivity contribution in [1.82, 2.24) is 0 Å². The highest BCUT2D eigenvalue weighted by molar-refractivity contribution is 5.90. The van der Waals surface area contributed by atoms with Crippen LogP contribution in [0.4, 0.5) is 0 Å². The topological polar surface area (TPSA) is 55.8 Å². The van der Waals surface area contributed by atoms with E-state index in [1.54, 1.807) is 25.3 Å². The molecule has 0 aromatic heterocycles. The molecule has 0 radical (unpaired) electrons. The van der Waals surface area contributed by atoms with Crippen LogP contribution in [-0.4, -0.2) is 18.2 Å². The van der Waals surface area contributed by atoms with Gasteiger partial charge in [0.2, 0.25) is 0 Å². The standard InChI is InChI=1S/C17H18O4/c1-17(2,12-8-10-13(20-3)11-9-12)21-15-7-5-4-6-14(15)16(18)19/h4-11H,1-3H3,(H,18,19). The van der Waals surface area contributed by atoms with Gasteiger partial charge >= 0.3 is 5.97 Å². The van der Waals surface area contributed by atoms with E-state index >= 15 is 0 Å². The van der Waals surface area contributed by atoms with E-state index in [4.69, 9.17) is 9.47 Å². The van der Waals surface area contributed by atoms with Crippen LogP contribution in [-0.2, 0) is 5.60 Å². The molecule has 2 rings (SSSR count). The molecule has 0 saturated heterocycles. The maximum Gasteiger partial charge on any atom is 0.339 e. The van der Waals surface area contributed by atoms with Gasteiger partial charge in [-0.05, 0) is 43.7 Å². The van der Waals surface area contributed by atoms with E-state index in [2.05, 4.69) is 0 Å². The number of para-hydroxylation sites is 1. The summed E-state index contributed by atoms with van der Waals surface area (Å²) in [5.41, 5.74) is 0.431. The number of hydrogen-bond acceptors (Lipinski definition) is 3. The molecule has 4 nitrogen and oxygen atoms in total. The second-order valence-corrected chi connectivity index (χ2v) is 5.14. The lowest BCUT2D eigenvalue weighted by Crippen LogP contribution is -2.26. The number of ether oxygens (including phenoxy) is 2. The molecule has 0 heterocycles. The summed E-state index contributed by atoms with van der Waals surface area (Å²) in [6.45, 7) is 3.79. The molecule has 0 aliphatic heterocycles. The van der Waals surface area contributed by atoms with Crippen LogP contribution >= 0.6 is 0 Å². The number of carbonyl (C=O) groups is 1. The highest BCUT2D eigenvalue weighted by atomic mass is 16.5. The summed E-state index contributed by atoms with van der Waals surface area (Å²) in [7, 11) is 1.61. The molecule has 0 amide bonds. The van der Waals surface area contributed by atoms with Crippen LogP contribution in [0.1, 0.15) is 29.8 Å². The Hall–Kier alpha value is -2.49. The van der Waals surface area contributed by atoms with Crippen LogP contribution < -0.4 is 9.47 Å². The van der Waals surface area contributed by atoms with Crippen molar-refractivity contribution in [2.45, 2.75) is 19.4 Å². The summed E-state index contributed by atoms with van der Waals surface area (Å²) in [5.74, 6) is 0.113. The second-order valence-electron chi connectivity index (χ2n) is 5.14. The fraction of sp³-hybridized carbons (Fsp3) is 0.235. The van der Waals surface area contributed by atoms with Gasteiger partial charge in [0.15, 0.2) is 0 Å². The first-order valence-corrected chi connectivity index (χ1v) is 6.60. The Morgan fingerprint density at radius 2 is 1.67 bits per heavy atom. The van der Waals surface area contributed by atoms with Crippen LogP contribution in [0, 0.1) is 0 Å². The van der Waals surface area contributed by atoms with Crippen LogP contribution in [0.3, 0.4) is 0 Å². The molecule has 0 fully saturated rings. The number of carboxylic acids is 1. The lowest BCUT2D eigenvalue weighted by atomic mass is 9.97. The van der Waals surface area contributed by atoms with Crippen molar-refractivity contribution in [3.05, 3.63) is 59.7 Å². The Morgan fingerprint density at radius 3 is 2.24 bits per heavy atom. The Balaban J connectivity index is 2.30. The van der Waals surface area contributed by atoms with E-state index in [1.807, 2.05) is 38.1 Å². The molecular formula is C17H18O4. The molecule has 4 heteroatoms. The van der Waals surface area contributed by atoms with E-state index in [-0.39, 0.29) is 5.56 Å². The maximum absolute atomic E-state index is 11.2. The first-order valence-electron chi connectivity index (χ1n) is 6.60. The van der Waals surface area contributed by atoms with Gasteiger partial charge < -0.3 is 14.6 Å². The molecule has 0 atom stereocenters. The number of aromatic carboxylic acids is 1. The van der Waals surface area contributed by atoms with Gasteiger partial charge in [-0.25, -0.2) is 4.79 Å². The largest absolute Gasteiger partial charge is 0.497 e. The van der Waals surface area contributed by atoms with Crippen LogP contribution in [0.5, 0.6) is 11.5 Å². The number of hydrogen-bond donors (Lipinski definition) is 1. The molecule has 1 N–H and O–H groups in total. The number of carboxylic acid groups (broad SMARTS) is 1. The fourth-order valence-corrected chi connectivity index (χ4v) is 2.06. The average Bonchev–Trinajstić information content (AvgIpc) is 2.47. The van der Waals surface area contributed by atoms with Gasteiger partial charge in [0, 0.05) is 0 Å². The van der Waals surface area contributed by atoms with E-state index < -0.39 is 11.6 Å². The molecular weight excluding hydrogens is 268 g/mol. The van der Waals surface area contributed by atoms with Crippen molar-refractivity contribution in [3.63, 3.8) is 0 Å². The molecule has 0 aliphatic rings. The number of methoxy groups -OCH3 is 1. The van der Waals surface area contributed by atoms with Gasteiger partial charge in [0.1, 0.15) is 22.7 Å². The minimum Gasteiger partial charge on any atom is -0.497 e. The van der Waals surface area contributed by atoms with Gasteiger partial charge in [-0.1, -0.05) is 24.3 Å². The van der Waals surface area contributed by atoms with Gasteiger partial charge in [0.25, 0.3) is 0 Å². The molecule has 21 heavy (non-hydrogen) atoms. The molecule has 0 unspecified atom stereocenters. The van der Waals surface area contributed by atoms with Crippen molar-refractivity contribution in [2.75, 3.05) is 7.11 Å². The van der Waals surface area contributed by atoms with E-state index in [0.717, 1.165) is 11.3 Å². The smallest absolute Gasteiger partial charge is 0.339 e. The van der Waals surface area contributed by atoms with E-state index in [1.165, 1.54) is 6.07 Å². The Kier molecular flexibility index (Phi) is 4.17. The number of rotatable bonds is 5. The van der Waals surface area contributed by atoms with Crippen molar-refractivity contribution < 1.29 is 19.4 Å². The zero-order valence-electron chi connectivity index (χ0n) is 12.3. The second kappa shape index (κ2) is 5.87. The van der Waals surface area contributed by atoms with Gasteiger partial charge in [0.05, 0.1) is 7.11 Å². The molecule has 0 spiro atoms. The predicted molar refractivity (Wildman–Crippen MR) is 80.0 cm³/mol. The number of benzene rings is 2. The summed E-state index contributed by atoms with van der Waals surface area (Å²) in [6.07, 6.45) is 0. The fourth-order valence-electron chi connectivity index (χ4n) is 2.06. The molecule has 2 aromatic rings. The zero-order chi connectivity index (χ0) is 15.5. The Morgan fingerprint density at radius 1 is 1.05 bits per heavy atom. The summed E-state index contributed by atoms with van der Waals surface area (Å²) in [5, 5.41) is 9.20. The predicted octanol–water partition coefficient (Wildman–Crippen LogP) is 3.71. The normalized spacial score (nSPS) is 11.0. The monoisotopic (exact) mass is 286 g/mol. The third kappa shape index (κ3) is 3.34. The molecule has 2 aromatic carbocycles. The van der Waals surface area contributed by atoms with E-state index in [0.29, 0.717) is 5.75 Å². The maximum atomic E-state index is 11.2. The van der Waals surface area contributed by atoms with Gasteiger partial charge in [-0.3, -0.25) is 0 Å². The molecule has 0 saturated carbocycles.